The van der Waals surface area contributed by atoms with Crippen LogP contribution in [0.3, 0.4) is 0 Å². The second-order valence-electron chi connectivity index (χ2n) is 15.0. The number of allylic oxidation sites excluding steroid dienone is 18. The molecule has 0 aliphatic heterocycles. The van der Waals surface area contributed by atoms with Gasteiger partial charge in [0.25, 0.3) is 0 Å². The number of esters is 3. The predicted octanol–water partition coefficient (Wildman–Crippen LogP) is 15.2. The maximum atomic E-state index is 12.7. The number of hydrogen-bond acceptors (Lipinski definition) is 6. The quantitative estimate of drug-likeness (QED) is 0.0201. The van der Waals surface area contributed by atoms with Crippen molar-refractivity contribution in [2.75, 3.05) is 13.2 Å². The lowest BCUT2D eigenvalue weighted by molar-refractivity contribution is -0.167. The second-order valence-corrected chi connectivity index (χ2v) is 15.0. The average molecular weight is 817 g/mol. The number of hydrogen-bond donors (Lipinski definition) is 0. The van der Waals surface area contributed by atoms with Crippen LogP contribution in [0.25, 0.3) is 0 Å². The van der Waals surface area contributed by atoms with E-state index in [4.69, 9.17) is 14.2 Å². The summed E-state index contributed by atoms with van der Waals surface area (Å²) in [6.07, 6.45) is 62.2. The van der Waals surface area contributed by atoms with Crippen molar-refractivity contribution in [2.24, 2.45) is 0 Å². The van der Waals surface area contributed by atoms with Crippen molar-refractivity contribution < 1.29 is 28.6 Å². The minimum atomic E-state index is -0.827. The molecule has 0 aromatic rings. The zero-order chi connectivity index (χ0) is 43.0. The Morgan fingerprint density at radius 1 is 0.373 bits per heavy atom. The molecule has 0 aromatic heterocycles. The number of unbranched alkanes of at least 4 members (excludes halogenated alkanes) is 15. The summed E-state index contributed by atoms with van der Waals surface area (Å²) in [5, 5.41) is 0. The summed E-state index contributed by atoms with van der Waals surface area (Å²) in [4.78, 5) is 37.8. The molecular weight excluding hydrogens is 733 g/mol. The molecule has 0 amide bonds. The largest absolute Gasteiger partial charge is 0.462 e. The molecular formula is C53H84O6. The van der Waals surface area contributed by atoms with E-state index < -0.39 is 12.1 Å². The zero-order valence-electron chi connectivity index (χ0n) is 37.7. The fourth-order valence-corrected chi connectivity index (χ4v) is 5.93. The van der Waals surface area contributed by atoms with Gasteiger partial charge in [0, 0.05) is 19.3 Å². The van der Waals surface area contributed by atoms with Gasteiger partial charge in [0.2, 0.25) is 0 Å². The van der Waals surface area contributed by atoms with Crippen LogP contribution in [-0.4, -0.2) is 37.2 Å². The summed E-state index contributed by atoms with van der Waals surface area (Å²) in [6, 6.07) is 0. The van der Waals surface area contributed by atoms with Gasteiger partial charge in [-0.25, -0.2) is 0 Å². The minimum Gasteiger partial charge on any atom is -0.462 e. The number of carbonyl (C=O) groups excluding carboxylic acids is 3. The van der Waals surface area contributed by atoms with E-state index in [1.54, 1.807) is 0 Å². The van der Waals surface area contributed by atoms with E-state index in [1.165, 1.54) is 57.8 Å². The molecule has 0 fully saturated rings. The Bertz CT molecular complexity index is 1260. The Morgan fingerprint density at radius 3 is 1.27 bits per heavy atom. The molecule has 0 bridgehead atoms. The number of rotatable bonds is 40. The van der Waals surface area contributed by atoms with Crippen molar-refractivity contribution in [3.8, 4) is 0 Å². The predicted molar refractivity (Wildman–Crippen MR) is 251 cm³/mol. The second kappa shape index (κ2) is 46.8. The van der Waals surface area contributed by atoms with Gasteiger partial charge < -0.3 is 14.2 Å². The van der Waals surface area contributed by atoms with Crippen LogP contribution in [0.4, 0.5) is 0 Å². The first-order valence-corrected chi connectivity index (χ1v) is 23.5. The van der Waals surface area contributed by atoms with E-state index in [0.29, 0.717) is 19.3 Å². The van der Waals surface area contributed by atoms with Crippen molar-refractivity contribution in [3.63, 3.8) is 0 Å². The topological polar surface area (TPSA) is 78.9 Å². The molecule has 0 aromatic carbocycles. The fourth-order valence-electron chi connectivity index (χ4n) is 5.93. The number of ether oxygens (including phenoxy) is 3. The van der Waals surface area contributed by atoms with Crippen LogP contribution >= 0.6 is 0 Å². The molecule has 6 nitrogen and oxygen atoms in total. The molecule has 0 rings (SSSR count). The van der Waals surface area contributed by atoms with Crippen molar-refractivity contribution >= 4 is 17.9 Å². The van der Waals surface area contributed by atoms with E-state index in [9.17, 15) is 14.4 Å². The molecule has 0 radical (unpaired) electrons. The van der Waals surface area contributed by atoms with Crippen LogP contribution in [0.1, 0.15) is 188 Å². The zero-order valence-corrected chi connectivity index (χ0v) is 37.7. The first kappa shape index (κ1) is 55.1. The van der Waals surface area contributed by atoms with Crippen molar-refractivity contribution in [1.29, 1.82) is 0 Å². The van der Waals surface area contributed by atoms with Gasteiger partial charge in [0.15, 0.2) is 6.10 Å². The van der Waals surface area contributed by atoms with Gasteiger partial charge in [-0.2, -0.15) is 0 Å². The molecule has 0 aliphatic rings. The van der Waals surface area contributed by atoms with Crippen LogP contribution in [0, 0.1) is 0 Å². The molecule has 1 atom stereocenters. The smallest absolute Gasteiger partial charge is 0.306 e. The van der Waals surface area contributed by atoms with Gasteiger partial charge in [-0.15, -0.1) is 0 Å². The Kier molecular flexibility index (Phi) is 43.6. The summed E-state index contributed by atoms with van der Waals surface area (Å²) >= 11 is 0. The van der Waals surface area contributed by atoms with Gasteiger partial charge >= 0.3 is 17.9 Å². The molecule has 0 N–H and O–H groups in total. The summed E-state index contributed by atoms with van der Waals surface area (Å²) in [6.45, 7) is 6.26. The summed E-state index contributed by atoms with van der Waals surface area (Å²) in [5.74, 6) is -1.04. The van der Waals surface area contributed by atoms with Crippen LogP contribution in [-0.2, 0) is 28.6 Å². The standard InChI is InChI=1S/C53H84O6/c1-4-7-10-13-16-19-22-25-26-27-29-31-34-37-40-43-46-52(55)58-49-50(48-57-51(54)45-42-39-36-33-30-24-21-18-15-12-9-6-3)59-53(56)47-44-41-38-35-32-28-23-20-17-14-11-8-5-2/h7-8,10-11,14,16-17,19-20,23,25-26,28-29,31-32,35,38,50H,4-6,9,12-13,15,18,21-22,24,27,30,33-34,36-37,39-49H2,1-3H3/b10-7-,11-8-,17-14-,19-16-,23-20-,26-25-,31-29-,32-28-,38-35-. The lowest BCUT2D eigenvalue weighted by Crippen LogP contribution is -2.30. The molecule has 332 valence electrons. The molecule has 0 heterocycles. The van der Waals surface area contributed by atoms with Crippen LogP contribution < -0.4 is 0 Å². The highest BCUT2D eigenvalue weighted by atomic mass is 16.6. The summed E-state index contributed by atoms with van der Waals surface area (Å²) in [5.41, 5.74) is 0. The van der Waals surface area contributed by atoms with Crippen LogP contribution in [0.2, 0.25) is 0 Å². The molecule has 0 spiro atoms. The Labute approximate surface area is 361 Å². The molecule has 6 heteroatoms. The molecule has 0 saturated carbocycles. The molecule has 59 heavy (non-hydrogen) atoms. The maximum Gasteiger partial charge on any atom is 0.306 e. The third-order valence-corrected chi connectivity index (χ3v) is 9.40. The van der Waals surface area contributed by atoms with Crippen molar-refractivity contribution in [2.45, 2.75) is 194 Å². The van der Waals surface area contributed by atoms with E-state index >= 15 is 0 Å². The monoisotopic (exact) mass is 817 g/mol. The van der Waals surface area contributed by atoms with Gasteiger partial charge in [-0.05, 0) is 70.6 Å². The highest BCUT2D eigenvalue weighted by Gasteiger charge is 2.19. The third-order valence-electron chi connectivity index (χ3n) is 9.40. The van der Waals surface area contributed by atoms with E-state index in [-0.39, 0.29) is 31.6 Å². The normalized spacial score (nSPS) is 13.1. The average Bonchev–Trinajstić information content (AvgIpc) is 3.23. The molecule has 0 aliphatic carbocycles. The van der Waals surface area contributed by atoms with Crippen LogP contribution in [0.15, 0.2) is 109 Å². The van der Waals surface area contributed by atoms with E-state index in [2.05, 4.69) is 75.5 Å². The van der Waals surface area contributed by atoms with Gasteiger partial charge in [-0.3, -0.25) is 14.4 Å². The van der Waals surface area contributed by atoms with Crippen molar-refractivity contribution in [3.05, 3.63) is 109 Å². The van der Waals surface area contributed by atoms with E-state index in [0.717, 1.165) is 83.5 Å². The highest BCUT2D eigenvalue weighted by Crippen LogP contribution is 2.13. The third kappa shape index (κ3) is 45.0. The summed E-state index contributed by atoms with van der Waals surface area (Å²) in [7, 11) is 0. The Balaban J connectivity index is 4.56. The van der Waals surface area contributed by atoms with Gasteiger partial charge in [0.1, 0.15) is 13.2 Å². The van der Waals surface area contributed by atoms with Gasteiger partial charge in [0.05, 0.1) is 0 Å². The maximum absolute atomic E-state index is 12.7. The Morgan fingerprint density at radius 2 is 0.763 bits per heavy atom. The van der Waals surface area contributed by atoms with Crippen LogP contribution in [0.5, 0.6) is 0 Å². The van der Waals surface area contributed by atoms with Crippen molar-refractivity contribution in [1.82, 2.24) is 0 Å². The fraction of sp³-hybridized carbons (Fsp3) is 0.604. The van der Waals surface area contributed by atoms with Gasteiger partial charge in [-0.1, -0.05) is 207 Å². The first-order chi connectivity index (χ1) is 29.0. The lowest BCUT2D eigenvalue weighted by Gasteiger charge is -2.18. The molecule has 1 unspecified atom stereocenters. The number of carbonyl (C=O) groups is 3. The van der Waals surface area contributed by atoms with E-state index in [1.807, 2.05) is 54.7 Å². The Hall–Kier alpha value is -3.93. The minimum absolute atomic E-state index is 0.118. The first-order valence-electron chi connectivity index (χ1n) is 23.5. The SMILES string of the molecule is CC\C=C/C=C\C=C/C=C\C=C/CCCC(=O)OC(COC(=O)CCCCC/C=C\C/C=C\C/C=C\C/C=C\CC)COC(=O)CCCCCCCCCCCCCC. The molecule has 0 saturated heterocycles. The summed E-state index contributed by atoms with van der Waals surface area (Å²) < 4.78 is 16.6. The highest BCUT2D eigenvalue weighted by molar-refractivity contribution is 5.71. The lowest BCUT2D eigenvalue weighted by atomic mass is 10.0.